The summed E-state index contributed by atoms with van der Waals surface area (Å²) in [4.78, 5) is 0. The molecule has 3 nitrogen and oxygen atoms in total. The quantitative estimate of drug-likeness (QED) is 0.835. The van der Waals surface area contributed by atoms with Crippen LogP contribution in [0.2, 0.25) is 10.0 Å². The maximum Gasteiger partial charge on any atom is 0.140 e. The third-order valence-electron chi connectivity index (χ3n) is 2.13. The summed E-state index contributed by atoms with van der Waals surface area (Å²) in [6.07, 6.45) is 0. The average molecular weight is 242 g/mol. The van der Waals surface area contributed by atoms with E-state index < -0.39 is 0 Å². The van der Waals surface area contributed by atoms with E-state index in [-0.39, 0.29) is 0 Å². The molecule has 2 rings (SSSR count). The fourth-order valence-electron chi connectivity index (χ4n) is 1.33. The minimum Gasteiger partial charge on any atom is -0.383 e. The minimum absolute atomic E-state index is 0.451. The van der Waals surface area contributed by atoms with Crippen molar-refractivity contribution in [3.8, 4) is 11.3 Å². The number of benzene rings is 1. The molecule has 0 spiro atoms. The van der Waals surface area contributed by atoms with Crippen LogP contribution in [0.5, 0.6) is 0 Å². The zero-order valence-electron chi connectivity index (χ0n) is 8.04. The SMILES string of the molecule is Cn1nc(-c2cccc(Cl)c2)c(Cl)c1N. The molecule has 0 bridgehead atoms. The van der Waals surface area contributed by atoms with Gasteiger partial charge < -0.3 is 5.73 Å². The van der Waals surface area contributed by atoms with Crippen molar-refractivity contribution in [3.05, 3.63) is 34.3 Å². The van der Waals surface area contributed by atoms with Crippen LogP contribution in [0.4, 0.5) is 5.82 Å². The molecular weight excluding hydrogens is 233 g/mol. The fraction of sp³-hybridized carbons (Fsp3) is 0.100. The molecule has 0 aliphatic carbocycles. The van der Waals surface area contributed by atoms with E-state index in [1.807, 2.05) is 12.1 Å². The lowest BCUT2D eigenvalue weighted by Gasteiger charge is -1.97. The predicted octanol–water partition coefficient (Wildman–Crippen LogP) is 2.98. The Bertz CT molecular complexity index is 505. The summed E-state index contributed by atoms with van der Waals surface area (Å²) >= 11 is 11.9. The third kappa shape index (κ3) is 1.80. The van der Waals surface area contributed by atoms with Crippen molar-refractivity contribution in [1.29, 1.82) is 0 Å². The molecule has 78 valence electrons. The summed E-state index contributed by atoms with van der Waals surface area (Å²) < 4.78 is 1.54. The van der Waals surface area contributed by atoms with Crippen LogP contribution in [0.1, 0.15) is 0 Å². The highest BCUT2D eigenvalue weighted by atomic mass is 35.5. The van der Waals surface area contributed by atoms with Gasteiger partial charge in [0.2, 0.25) is 0 Å². The molecule has 0 atom stereocenters. The van der Waals surface area contributed by atoms with Gasteiger partial charge in [-0.3, -0.25) is 4.68 Å². The second-order valence-electron chi connectivity index (χ2n) is 3.18. The van der Waals surface area contributed by atoms with Gasteiger partial charge in [0, 0.05) is 17.6 Å². The number of aromatic nitrogens is 2. The highest BCUT2D eigenvalue weighted by molar-refractivity contribution is 6.35. The molecule has 0 saturated heterocycles. The van der Waals surface area contributed by atoms with Gasteiger partial charge in [0.05, 0.1) is 0 Å². The lowest BCUT2D eigenvalue weighted by molar-refractivity contribution is 0.782. The van der Waals surface area contributed by atoms with Gasteiger partial charge >= 0.3 is 0 Å². The Labute approximate surface area is 97.4 Å². The summed E-state index contributed by atoms with van der Waals surface area (Å²) in [6, 6.07) is 7.33. The topological polar surface area (TPSA) is 43.8 Å². The van der Waals surface area contributed by atoms with Crippen molar-refractivity contribution in [3.63, 3.8) is 0 Å². The van der Waals surface area contributed by atoms with Gasteiger partial charge in [-0.15, -0.1) is 0 Å². The zero-order valence-corrected chi connectivity index (χ0v) is 9.55. The Kier molecular flexibility index (Phi) is 2.59. The molecule has 0 amide bonds. The molecule has 1 heterocycles. The maximum atomic E-state index is 6.05. The Morgan fingerprint density at radius 3 is 2.60 bits per heavy atom. The van der Waals surface area contributed by atoms with Crippen LogP contribution in [0.3, 0.4) is 0 Å². The number of nitrogens with zero attached hydrogens (tertiary/aromatic N) is 2. The van der Waals surface area contributed by atoms with Crippen molar-refractivity contribution < 1.29 is 0 Å². The van der Waals surface area contributed by atoms with E-state index in [0.29, 0.717) is 21.6 Å². The number of hydrogen-bond acceptors (Lipinski definition) is 2. The van der Waals surface area contributed by atoms with Crippen LogP contribution in [-0.4, -0.2) is 9.78 Å². The number of hydrogen-bond donors (Lipinski definition) is 1. The largest absolute Gasteiger partial charge is 0.383 e. The second kappa shape index (κ2) is 3.76. The van der Waals surface area contributed by atoms with Gasteiger partial charge in [0.15, 0.2) is 0 Å². The standard InChI is InChI=1S/C10H9Cl2N3/c1-15-10(13)8(12)9(14-15)6-3-2-4-7(11)5-6/h2-5H,13H2,1H3. The summed E-state index contributed by atoms with van der Waals surface area (Å²) in [5.74, 6) is 0.451. The number of rotatable bonds is 1. The first-order chi connectivity index (χ1) is 7.09. The second-order valence-corrected chi connectivity index (χ2v) is 4.00. The first-order valence-electron chi connectivity index (χ1n) is 4.33. The number of halogens is 2. The maximum absolute atomic E-state index is 6.05. The highest BCUT2D eigenvalue weighted by Gasteiger charge is 2.13. The molecule has 1 aromatic heterocycles. The van der Waals surface area contributed by atoms with E-state index in [2.05, 4.69) is 5.10 Å². The first kappa shape index (κ1) is 10.3. The normalized spacial score (nSPS) is 10.6. The molecule has 0 radical (unpaired) electrons. The minimum atomic E-state index is 0.451. The third-order valence-corrected chi connectivity index (χ3v) is 2.74. The van der Waals surface area contributed by atoms with Crippen LogP contribution < -0.4 is 5.73 Å². The van der Waals surface area contributed by atoms with Crippen molar-refractivity contribution >= 4 is 29.0 Å². The molecule has 0 fully saturated rings. The Morgan fingerprint density at radius 1 is 1.33 bits per heavy atom. The summed E-state index contributed by atoms with van der Waals surface area (Å²) in [6.45, 7) is 0. The van der Waals surface area contributed by atoms with Crippen LogP contribution in [0, 0.1) is 0 Å². The van der Waals surface area contributed by atoms with Gasteiger partial charge in [-0.05, 0) is 12.1 Å². The Morgan fingerprint density at radius 2 is 2.07 bits per heavy atom. The summed E-state index contributed by atoms with van der Waals surface area (Å²) in [7, 11) is 1.75. The molecular formula is C10H9Cl2N3. The molecule has 2 aromatic rings. The predicted molar refractivity (Wildman–Crippen MR) is 63.1 cm³/mol. The number of nitrogens with two attached hydrogens (primary N) is 1. The highest BCUT2D eigenvalue weighted by Crippen LogP contribution is 2.32. The Balaban J connectivity index is 2.59. The number of nitrogen functional groups attached to an aromatic ring is 1. The Hall–Kier alpha value is -1.19. The van der Waals surface area contributed by atoms with Crippen molar-refractivity contribution in [2.24, 2.45) is 7.05 Å². The molecule has 0 unspecified atom stereocenters. The van der Waals surface area contributed by atoms with Gasteiger partial charge in [-0.1, -0.05) is 35.3 Å². The van der Waals surface area contributed by atoms with Crippen LogP contribution >= 0.6 is 23.2 Å². The van der Waals surface area contributed by atoms with Gasteiger partial charge in [0.25, 0.3) is 0 Å². The van der Waals surface area contributed by atoms with E-state index in [1.54, 1.807) is 23.9 Å². The van der Waals surface area contributed by atoms with Gasteiger partial charge in [-0.2, -0.15) is 5.10 Å². The fourth-order valence-corrected chi connectivity index (χ4v) is 1.79. The van der Waals surface area contributed by atoms with E-state index in [9.17, 15) is 0 Å². The van der Waals surface area contributed by atoms with Gasteiger partial charge in [0.1, 0.15) is 16.5 Å². The van der Waals surface area contributed by atoms with Gasteiger partial charge in [-0.25, -0.2) is 0 Å². The molecule has 0 aliphatic rings. The lowest BCUT2D eigenvalue weighted by Crippen LogP contribution is -1.96. The number of aryl methyl sites for hydroxylation is 1. The first-order valence-corrected chi connectivity index (χ1v) is 5.09. The molecule has 5 heteroatoms. The van der Waals surface area contributed by atoms with E-state index in [0.717, 1.165) is 5.56 Å². The van der Waals surface area contributed by atoms with E-state index in [4.69, 9.17) is 28.9 Å². The average Bonchev–Trinajstić information content (AvgIpc) is 2.46. The van der Waals surface area contributed by atoms with Crippen LogP contribution in [0.15, 0.2) is 24.3 Å². The van der Waals surface area contributed by atoms with Crippen molar-refractivity contribution in [2.45, 2.75) is 0 Å². The monoisotopic (exact) mass is 241 g/mol. The van der Waals surface area contributed by atoms with Crippen LogP contribution in [0.25, 0.3) is 11.3 Å². The summed E-state index contributed by atoms with van der Waals surface area (Å²) in [5.41, 5.74) is 7.23. The van der Waals surface area contributed by atoms with E-state index in [1.165, 1.54) is 0 Å². The molecule has 0 saturated carbocycles. The van der Waals surface area contributed by atoms with Crippen molar-refractivity contribution in [1.82, 2.24) is 9.78 Å². The molecule has 0 aliphatic heterocycles. The van der Waals surface area contributed by atoms with Crippen molar-refractivity contribution in [2.75, 3.05) is 5.73 Å². The van der Waals surface area contributed by atoms with E-state index >= 15 is 0 Å². The lowest BCUT2D eigenvalue weighted by atomic mass is 10.1. The molecule has 15 heavy (non-hydrogen) atoms. The van der Waals surface area contributed by atoms with Crippen LogP contribution in [-0.2, 0) is 7.05 Å². The molecule has 1 aromatic carbocycles. The molecule has 2 N–H and O–H groups in total. The summed E-state index contributed by atoms with van der Waals surface area (Å²) in [5, 5.41) is 5.33. The zero-order chi connectivity index (χ0) is 11.0. The number of anilines is 1. The smallest absolute Gasteiger partial charge is 0.140 e.